The normalized spacial score (nSPS) is 11.0. The Morgan fingerprint density at radius 2 is 1.56 bits per heavy atom. The van der Waals surface area contributed by atoms with Crippen molar-refractivity contribution < 1.29 is 9.59 Å². The van der Waals surface area contributed by atoms with Gasteiger partial charge in [-0.1, -0.05) is 70.2 Å². The Balaban J connectivity index is 1.99. The van der Waals surface area contributed by atoms with Crippen molar-refractivity contribution in [3.63, 3.8) is 0 Å². The first-order chi connectivity index (χ1) is 13.0. The third kappa shape index (κ3) is 5.51. The van der Waals surface area contributed by atoms with Crippen molar-refractivity contribution in [2.24, 2.45) is 5.10 Å². The summed E-state index contributed by atoms with van der Waals surface area (Å²) in [6.45, 7) is 8.28. The van der Waals surface area contributed by atoms with E-state index >= 15 is 0 Å². The molecule has 2 amide bonds. The van der Waals surface area contributed by atoms with E-state index in [1.807, 2.05) is 56.3 Å². The molecule has 0 aliphatic carbocycles. The summed E-state index contributed by atoms with van der Waals surface area (Å²) in [6.07, 6.45) is 3.07. The Hall–Kier alpha value is -2.95. The Morgan fingerprint density at radius 3 is 2.07 bits per heavy atom. The van der Waals surface area contributed by atoms with Gasteiger partial charge in [-0.25, -0.2) is 5.43 Å². The van der Waals surface area contributed by atoms with Crippen molar-refractivity contribution in [2.45, 2.75) is 46.5 Å². The highest BCUT2D eigenvalue weighted by molar-refractivity contribution is 6.39. The van der Waals surface area contributed by atoms with E-state index in [-0.39, 0.29) is 0 Å². The molecular weight excluding hydrogens is 338 g/mol. The van der Waals surface area contributed by atoms with E-state index in [2.05, 4.69) is 29.7 Å². The molecule has 0 atom stereocenters. The van der Waals surface area contributed by atoms with Crippen LogP contribution in [0.5, 0.6) is 0 Å². The molecule has 27 heavy (non-hydrogen) atoms. The molecule has 0 bridgehead atoms. The average Bonchev–Trinajstić information content (AvgIpc) is 2.68. The van der Waals surface area contributed by atoms with Gasteiger partial charge in [0.2, 0.25) is 0 Å². The number of carbonyl (C=O) groups excluding carboxylic acids is 2. The molecule has 142 valence electrons. The number of rotatable bonds is 6. The van der Waals surface area contributed by atoms with Gasteiger partial charge >= 0.3 is 11.8 Å². The summed E-state index contributed by atoms with van der Waals surface area (Å²) >= 11 is 0. The number of aryl methyl sites for hydroxylation is 2. The van der Waals surface area contributed by atoms with Gasteiger partial charge in [0, 0.05) is 5.69 Å². The van der Waals surface area contributed by atoms with Crippen molar-refractivity contribution in [3.8, 4) is 0 Å². The molecular formula is C22H27N3O2. The second-order valence-corrected chi connectivity index (χ2v) is 6.63. The highest BCUT2D eigenvalue weighted by atomic mass is 16.2. The molecule has 2 aromatic rings. The Bertz CT molecular complexity index is 802. The summed E-state index contributed by atoms with van der Waals surface area (Å²) < 4.78 is 0. The molecule has 5 nitrogen and oxygen atoms in total. The lowest BCUT2D eigenvalue weighted by atomic mass is 10.0. The summed E-state index contributed by atoms with van der Waals surface area (Å²) in [7, 11) is 0. The second kappa shape index (κ2) is 9.67. The number of hydrogen-bond donors (Lipinski definition) is 2. The molecule has 0 saturated carbocycles. The van der Waals surface area contributed by atoms with E-state index in [0.29, 0.717) is 5.92 Å². The van der Waals surface area contributed by atoms with Crippen LogP contribution in [0.15, 0.2) is 47.6 Å². The smallest absolute Gasteiger partial charge is 0.317 e. The summed E-state index contributed by atoms with van der Waals surface area (Å²) in [4.78, 5) is 24.3. The fraction of sp³-hybridized carbons (Fsp3) is 0.318. The maximum atomic E-state index is 12.2. The van der Waals surface area contributed by atoms with Crippen LogP contribution >= 0.6 is 0 Å². The average molecular weight is 365 g/mol. The van der Waals surface area contributed by atoms with Crippen LogP contribution in [-0.4, -0.2) is 18.0 Å². The third-order valence-corrected chi connectivity index (χ3v) is 4.43. The topological polar surface area (TPSA) is 70.6 Å². The predicted molar refractivity (Wildman–Crippen MR) is 110 cm³/mol. The van der Waals surface area contributed by atoms with Crippen LogP contribution in [-0.2, 0) is 22.4 Å². The fourth-order valence-corrected chi connectivity index (χ4v) is 2.76. The van der Waals surface area contributed by atoms with Gasteiger partial charge in [0.05, 0.1) is 6.21 Å². The van der Waals surface area contributed by atoms with Crippen LogP contribution in [0.4, 0.5) is 5.69 Å². The number of amides is 2. The van der Waals surface area contributed by atoms with Crippen molar-refractivity contribution in [1.82, 2.24) is 5.43 Å². The first kappa shape index (κ1) is 20.4. The Labute approximate surface area is 160 Å². The summed E-state index contributed by atoms with van der Waals surface area (Å²) in [5, 5.41) is 6.60. The monoisotopic (exact) mass is 365 g/mol. The number of carbonyl (C=O) groups is 2. The molecule has 2 aromatic carbocycles. The number of benzene rings is 2. The summed E-state index contributed by atoms with van der Waals surface area (Å²) in [5.41, 5.74) is 7.09. The summed E-state index contributed by atoms with van der Waals surface area (Å²) in [5.74, 6) is -1.06. The lowest BCUT2D eigenvalue weighted by Gasteiger charge is -2.13. The fourth-order valence-electron chi connectivity index (χ4n) is 2.76. The first-order valence-corrected chi connectivity index (χ1v) is 9.31. The minimum atomic E-state index is -0.794. The molecule has 5 heteroatoms. The van der Waals surface area contributed by atoms with Crippen LogP contribution in [0, 0.1) is 0 Å². The standard InChI is InChI=1S/C22H27N3O2/c1-5-17-8-7-9-18(6-2)20(17)24-21(26)22(27)25-23-14-16-10-12-19(13-11-16)15(3)4/h7-15H,5-6H2,1-4H3,(H,24,26)(H,25,27)/b23-14-. The summed E-state index contributed by atoms with van der Waals surface area (Å²) in [6, 6.07) is 13.8. The molecule has 0 radical (unpaired) electrons. The molecule has 0 spiro atoms. The zero-order valence-corrected chi connectivity index (χ0v) is 16.4. The Kier molecular flexibility index (Phi) is 7.29. The largest absolute Gasteiger partial charge is 0.329 e. The van der Waals surface area contributed by atoms with E-state index in [1.54, 1.807) is 0 Å². The SMILES string of the molecule is CCc1cccc(CC)c1NC(=O)C(=O)N/N=C\c1ccc(C(C)C)cc1. The van der Waals surface area contributed by atoms with Crippen LogP contribution < -0.4 is 10.7 Å². The second-order valence-electron chi connectivity index (χ2n) is 6.63. The number of hydrogen-bond acceptors (Lipinski definition) is 3. The predicted octanol–water partition coefficient (Wildman–Crippen LogP) is 4.02. The van der Waals surface area contributed by atoms with Crippen molar-refractivity contribution in [2.75, 3.05) is 5.32 Å². The number of anilines is 1. The number of nitrogens with zero attached hydrogens (tertiary/aromatic N) is 1. The quantitative estimate of drug-likeness (QED) is 0.461. The van der Waals surface area contributed by atoms with Crippen molar-refractivity contribution in [1.29, 1.82) is 0 Å². The van der Waals surface area contributed by atoms with E-state index in [9.17, 15) is 9.59 Å². The van der Waals surface area contributed by atoms with Gasteiger partial charge < -0.3 is 5.32 Å². The highest BCUT2D eigenvalue weighted by Gasteiger charge is 2.16. The molecule has 0 aromatic heterocycles. The maximum Gasteiger partial charge on any atom is 0.329 e. The molecule has 2 rings (SSSR count). The van der Waals surface area contributed by atoms with E-state index in [1.165, 1.54) is 11.8 Å². The van der Waals surface area contributed by atoms with Gasteiger partial charge in [0.25, 0.3) is 0 Å². The zero-order valence-electron chi connectivity index (χ0n) is 16.4. The van der Waals surface area contributed by atoms with Gasteiger partial charge in [-0.2, -0.15) is 5.10 Å². The van der Waals surface area contributed by atoms with Gasteiger partial charge in [-0.15, -0.1) is 0 Å². The molecule has 2 N–H and O–H groups in total. The number of hydrazone groups is 1. The molecule has 0 fully saturated rings. The van der Waals surface area contributed by atoms with Crippen LogP contribution in [0.25, 0.3) is 0 Å². The van der Waals surface area contributed by atoms with Gasteiger partial charge in [-0.05, 0) is 41.0 Å². The van der Waals surface area contributed by atoms with Gasteiger partial charge in [0.15, 0.2) is 0 Å². The maximum absolute atomic E-state index is 12.2. The molecule has 0 aliphatic heterocycles. The molecule has 0 saturated heterocycles. The highest BCUT2D eigenvalue weighted by Crippen LogP contribution is 2.22. The Morgan fingerprint density at radius 1 is 0.963 bits per heavy atom. The van der Waals surface area contributed by atoms with E-state index in [4.69, 9.17) is 0 Å². The van der Waals surface area contributed by atoms with Crippen LogP contribution in [0.2, 0.25) is 0 Å². The lowest BCUT2D eigenvalue weighted by Crippen LogP contribution is -2.33. The van der Waals surface area contributed by atoms with Crippen LogP contribution in [0.1, 0.15) is 55.9 Å². The number of nitrogens with one attached hydrogen (secondary N) is 2. The van der Waals surface area contributed by atoms with E-state index in [0.717, 1.165) is 35.2 Å². The zero-order chi connectivity index (χ0) is 19.8. The van der Waals surface area contributed by atoms with Gasteiger partial charge in [0.1, 0.15) is 0 Å². The van der Waals surface area contributed by atoms with Crippen LogP contribution in [0.3, 0.4) is 0 Å². The van der Waals surface area contributed by atoms with Gasteiger partial charge in [-0.3, -0.25) is 9.59 Å². The molecule has 0 aliphatic rings. The van der Waals surface area contributed by atoms with Crippen molar-refractivity contribution >= 4 is 23.7 Å². The third-order valence-electron chi connectivity index (χ3n) is 4.43. The first-order valence-electron chi connectivity index (χ1n) is 9.31. The minimum absolute atomic E-state index is 0.457. The lowest BCUT2D eigenvalue weighted by molar-refractivity contribution is -0.136. The minimum Gasteiger partial charge on any atom is -0.317 e. The molecule has 0 unspecified atom stereocenters. The van der Waals surface area contributed by atoms with Crippen molar-refractivity contribution in [3.05, 3.63) is 64.7 Å². The van der Waals surface area contributed by atoms with E-state index < -0.39 is 11.8 Å². The molecule has 0 heterocycles. The number of para-hydroxylation sites is 1.